The van der Waals surface area contributed by atoms with Crippen LogP contribution in [0.3, 0.4) is 0 Å². The van der Waals surface area contributed by atoms with Gasteiger partial charge in [-0.1, -0.05) is 0 Å². The van der Waals surface area contributed by atoms with E-state index in [-0.39, 0.29) is 6.73 Å². The Morgan fingerprint density at radius 1 is 1.22 bits per heavy atom. The zero-order chi connectivity index (χ0) is 6.85. The van der Waals surface area contributed by atoms with E-state index in [4.69, 9.17) is 15.3 Å². The molecule has 0 aromatic heterocycles. The molecule has 0 bridgehead atoms. The predicted octanol–water partition coefficient (Wildman–Crippen LogP) is -2.03. The highest BCUT2D eigenvalue weighted by Gasteiger charge is 2.28. The second kappa shape index (κ2) is 2.62. The molecule has 9 heavy (non-hydrogen) atoms. The molecule has 1 fully saturated rings. The fraction of sp³-hybridized carbons (Fsp3) is 1.00. The van der Waals surface area contributed by atoms with Gasteiger partial charge in [0, 0.05) is 13.1 Å². The van der Waals surface area contributed by atoms with Gasteiger partial charge in [-0.3, -0.25) is 4.90 Å². The first-order valence-electron chi connectivity index (χ1n) is 2.93. The summed E-state index contributed by atoms with van der Waals surface area (Å²) in [6.45, 7) is 0.656. The van der Waals surface area contributed by atoms with Gasteiger partial charge in [0.05, 0.1) is 18.9 Å². The Balaban J connectivity index is 2.35. The molecule has 1 heterocycles. The van der Waals surface area contributed by atoms with Crippen LogP contribution in [0, 0.1) is 0 Å². The van der Waals surface area contributed by atoms with E-state index in [1.807, 2.05) is 0 Å². The molecule has 0 amide bonds. The molecule has 0 spiro atoms. The summed E-state index contributed by atoms with van der Waals surface area (Å²) in [5, 5.41) is 26.3. The number of rotatable bonds is 1. The van der Waals surface area contributed by atoms with E-state index in [1.54, 1.807) is 4.90 Å². The highest BCUT2D eigenvalue weighted by molar-refractivity contribution is 4.81. The van der Waals surface area contributed by atoms with Crippen LogP contribution < -0.4 is 0 Å². The molecule has 0 saturated carbocycles. The van der Waals surface area contributed by atoms with Crippen LogP contribution in [-0.4, -0.2) is 52.2 Å². The van der Waals surface area contributed by atoms with Gasteiger partial charge in [0.2, 0.25) is 0 Å². The molecule has 3 N–H and O–H groups in total. The molecule has 54 valence electrons. The molecule has 2 atom stereocenters. The van der Waals surface area contributed by atoms with Crippen LogP contribution in [0.5, 0.6) is 0 Å². The number of hydrogen-bond donors (Lipinski definition) is 3. The van der Waals surface area contributed by atoms with Crippen molar-refractivity contribution in [2.45, 2.75) is 12.2 Å². The molecular weight excluding hydrogens is 122 g/mol. The Morgan fingerprint density at radius 3 is 1.89 bits per heavy atom. The molecule has 0 aromatic carbocycles. The van der Waals surface area contributed by atoms with Crippen molar-refractivity contribution in [3.63, 3.8) is 0 Å². The molecule has 4 heteroatoms. The Hall–Kier alpha value is -0.160. The van der Waals surface area contributed by atoms with Gasteiger partial charge in [-0.25, -0.2) is 0 Å². The van der Waals surface area contributed by atoms with Crippen LogP contribution in [0.25, 0.3) is 0 Å². The van der Waals surface area contributed by atoms with Gasteiger partial charge in [0.25, 0.3) is 0 Å². The zero-order valence-corrected chi connectivity index (χ0v) is 5.06. The van der Waals surface area contributed by atoms with Crippen molar-refractivity contribution in [1.29, 1.82) is 0 Å². The van der Waals surface area contributed by atoms with Crippen molar-refractivity contribution in [2.24, 2.45) is 0 Å². The molecule has 0 aromatic rings. The minimum absolute atomic E-state index is 0.0892. The van der Waals surface area contributed by atoms with Gasteiger partial charge in [-0.05, 0) is 0 Å². The average molecular weight is 133 g/mol. The van der Waals surface area contributed by atoms with Crippen molar-refractivity contribution in [3.8, 4) is 0 Å². The van der Waals surface area contributed by atoms with Crippen LogP contribution in [0.1, 0.15) is 0 Å². The van der Waals surface area contributed by atoms with E-state index < -0.39 is 12.2 Å². The van der Waals surface area contributed by atoms with Crippen molar-refractivity contribution in [1.82, 2.24) is 4.90 Å². The Morgan fingerprint density at radius 2 is 1.67 bits per heavy atom. The monoisotopic (exact) mass is 133 g/mol. The van der Waals surface area contributed by atoms with Crippen LogP contribution in [-0.2, 0) is 0 Å². The van der Waals surface area contributed by atoms with E-state index in [0.717, 1.165) is 0 Å². The third-order valence-corrected chi connectivity index (χ3v) is 1.53. The van der Waals surface area contributed by atoms with Crippen molar-refractivity contribution in [2.75, 3.05) is 19.8 Å². The second-order valence-corrected chi connectivity index (χ2v) is 2.31. The summed E-state index contributed by atoms with van der Waals surface area (Å²) in [7, 11) is 0. The van der Waals surface area contributed by atoms with E-state index in [1.165, 1.54) is 0 Å². The van der Waals surface area contributed by atoms with Crippen molar-refractivity contribution in [3.05, 3.63) is 0 Å². The van der Waals surface area contributed by atoms with E-state index >= 15 is 0 Å². The molecule has 1 aliphatic heterocycles. The summed E-state index contributed by atoms with van der Waals surface area (Å²) in [6.07, 6.45) is -1.37. The lowest BCUT2D eigenvalue weighted by Crippen LogP contribution is -2.22. The third-order valence-electron chi connectivity index (χ3n) is 1.53. The number of likely N-dealkylation sites (tertiary alicyclic amines) is 1. The van der Waals surface area contributed by atoms with Gasteiger partial charge in [0.15, 0.2) is 0 Å². The molecule has 1 rings (SSSR count). The summed E-state index contributed by atoms with van der Waals surface area (Å²) < 4.78 is 0. The third kappa shape index (κ3) is 1.40. The lowest BCUT2D eigenvalue weighted by molar-refractivity contribution is 0.0572. The van der Waals surface area contributed by atoms with E-state index in [0.29, 0.717) is 13.1 Å². The number of aliphatic hydroxyl groups excluding tert-OH is 3. The van der Waals surface area contributed by atoms with Crippen LogP contribution >= 0.6 is 0 Å². The summed E-state index contributed by atoms with van der Waals surface area (Å²) in [4.78, 5) is 1.58. The summed E-state index contributed by atoms with van der Waals surface area (Å²) in [5.41, 5.74) is 0. The number of aliphatic hydroxyl groups is 3. The maximum absolute atomic E-state index is 8.90. The Kier molecular flexibility index (Phi) is 2.02. The SMILES string of the molecule is OCN1C[C@@H](O)[C@@H](O)C1. The standard InChI is InChI=1S/C5H11NO3/c7-3-6-1-4(8)5(9)2-6/h4-5,7-9H,1-3H2/t4-,5+. The zero-order valence-electron chi connectivity index (χ0n) is 5.06. The lowest BCUT2D eigenvalue weighted by Gasteiger charge is -2.07. The first kappa shape index (κ1) is 6.95. The molecule has 0 aliphatic carbocycles. The highest BCUT2D eigenvalue weighted by Crippen LogP contribution is 2.07. The topological polar surface area (TPSA) is 63.9 Å². The fourth-order valence-corrected chi connectivity index (χ4v) is 0.962. The molecule has 0 radical (unpaired) electrons. The van der Waals surface area contributed by atoms with Crippen LogP contribution in [0.15, 0.2) is 0 Å². The lowest BCUT2D eigenvalue weighted by atomic mass is 10.3. The normalized spacial score (nSPS) is 37.7. The fourth-order valence-electron chi connectivity index (χ4n) is 0.962. The maximum Gasteiger partial charge on any atom is 0.0958 e. The van der Waals surface area contributed by atoms with Crippen LogP contribution in [0.2, 0.25) is 0 Å². The smallest absolute Gasteiger partial charge is 0.0958 e. The first-order valence-corrected chi connectivity index (χ1v) is 2.93. The summed E-state index contributed by atoms with van der Waals surface area (Å²) in [5.74, 6) is 0. The van der Waals surface area contributed by atoms with Gasteiger partial charge < -0.3 is 15.3 Å². The highest BCUT2D eigenvalue weighted by atomic mass is 16.3. The van der Waals surface area contributed by atoms with Crippen molar-refractivity contribution >= 4 is 0 Å². The van der Waals surface area contributed by atoms with Crippen molar-refractivity contribution < 1.29 is 15.3 Å². The molecular formula is C5H11NO3. The predicted molar refractivity (Wildman–Crippen MR) is 30.7 cm³/mol. The van der Waals surface area contributed by atoms with Crippen LogP contribution in [0.4, 0.5) is 0 Å². The Bertz CT molecular complexity index is 88.2. The summed E-state index contributed by atoms with van der Waals surface area (Å²) >= 11 is 0. The molecule has 1 saturated heterocycles. The molecule has 1 aliphatic rings. The minimum atomic E-state index is -0.683. The quantitative estimate of drug-likeness (QED) is 0.386. The molecule has 0 unspecified atom stereocenters. The van der Waals surface area contributed by atoms with Gasteiger partial charge in [0.1, 0.15) is 0 Å². The van der Waals surface area contributed by atoms with Gasteiger partial charge in [-0.15, -0.1) is 0 Å². The largest absolute Gasteiger partial charge is 0.389 e. The van der Waals surface area contributed by atoms with E-state index in [9.17, 15) is 0 Å². The Labute approximate surface area is 53.3 Å². The summed E-state index contributed by atoms with van der Waals surface area (Å²) in [6, 6.07) is 0. The number of nitrogens with zero attached hydrogens (tertiary/aromatic N) is 1. The van der Waals surface area contributed by atoms with E-state index in [2.05, 4.69) is 0 Å². The van der Waals surface area contributed by atoms with Gasteiger partial charge in [-0.2, -0.15) is 0 Å². The maximum atomic E-state index is 8.90. The number of hydrogen-bond acceptors (Lipinski definition) is 4. The second-order valence-electron chi connectivity index (χ2n) is 2.31. The first-order chi connectivity index (χ1) is 4.24. The molecule has 4 nitrogen and oxygen atoms in total. The minimum Gasteiger partial charge on any atom is -0.389 e. The average Bonchev–Trinajstić information content (AvgIpc) is 2.13. The van der Waals surface area contributed by atoms with Gasteiger partial charge >= 0.3 is 0 Å². The number of β-amino-alcohol motifs (C(OH)–C–C–N with tert-alkyl or cyclic N) is 2.